The number of carbonyl (C=O) groups is 1. The maximum atomic E-state index is 12.3. The number of aryl methyl sites for hydroxylation is 1. The van der Waals surface area contributed by atoms with Crippen LogP contribution >= 0.6 is 11.8 Å². The van der Waals surface area contributed by atoms with Crippen LogP contribution in [0.5, 0.6) is 0 Å². The number of carbonyl (C=O) groups excluding carboxylic acids is 1. The number of rotatable bonds is 4. The smallest absolute Gasteiger partial charge is 0.230 e. The summed E-state index contributed by atoms with van der Waals surface area (Å²) in [4.78, 5) is 12.3. The summed E-state index contributed by atoms with van der Waals surface area (Å²) >= 11 is 1.45. The van der Waals surface area contributed by atoms with Gasteiger partial charge in [0.15, 0.2) is 9.84 Å². The third kappa shape index (κ3) is 4.17. The third-order valence-corrected chi connectivity index (χ3v) is 7.99. The molecule has 0 saturated carbocycles. The van der Waals surface area contributed by atoms with Crippen LogP contribution in [0.1, 0.15) is 49.8 Å². The first-order valence-corrected chi connectivity index (χ1v) is 11.2. The van der Waals surface area contributed by atoms with Crippen LogP contribution in [0.4, 0.5) is 0 Å². The first-order chi connectivity index (χ1) is 11.1. The highest BCUT2D eigenvalue weighted by molar-refractivity contribution is 8.02. The van der Waals surface area contributed by atoms with Crippen LogP contribution in [0.15, 0.2) is 10.5 Å². The molecule has 5 nitrogen and oxygen atoms in total. The SMILES string of the molecule is Cc1cc2c(o1)CC(C)(C)C[C@@H]2NC(=O)CS[C@@H]1CCS(=O)(=O)C1. The molecular weight excluding hydrogens is 346 g/mol. The van der Waals surface area contributed by atoms with Gasteiger partial charge in [-0.05, 0) is 31.2 Å². The molecule has 2 heterocycles. The van der Waals surface area contributed by atoms with E-state index in [4.69, 9.17) is 4.42 Å². The van der Waals surface area contributed by atoms with Gasteiger partial charge < -0.3 is 9.73 Å². The topological polar surface area (TPSA) is 76.4 Å². The summed E-state index contributed by atoms with van der Waals surface area (Å²) < 4.78 is 28.8. The van der Waals surface area contributed by atoms with E-state index < -0.39 is 9.84 Å². The van der Waals surface area contributed by atoms with E-state index in [9.17, 15) is 13.2 Å². The molecule has 1 aromatic rings. The van der Waals surface area contributed by atoms with Crippen molar-refractivity contribution in [3.63, 3.8) is 0 Å². The van der Waals surface area contributed by atoms with Gasteiger partial charge >= 0.3 is 0 Å². The highest BCUT2D eigenvalue weighted by atomic mass is 32.2. The minimum absolute atomic E-state index is 0.0263. The summed E-state index contributed by atoms with van der Waals surface area (Å²) in [5.41, 5.74) is 1.18. The van der Waals surface area contributed by atoms with Gasteiger partial charge in [0.25, 0.3) is 0 Å². The van der Waals surface area contributed by atoms with Gasteiger partial charge in [0.05, 0.1) is 23.3 Å². The van der Waals surface area contributed by atoms with E-state index in [0.29, 0.717) is 12.2 Å². The average molecular weight is 372 g/mol. The van der Waals surface area contributed by atoms with Crippen molar-refractivity contribution in [2.45, 2.75) is 51.3 Å². The zero-order valence-corrected chi connectivity index (χ0v) is 16.1. The summed E-state index contributed by atoms with van der Waals surface area (Å²) in [6.45, 7) is 6.30. The molecule has 134 valence electrons. The molecule has 24 heavy (non-hydrogen) atoms. The molecule has 1 amide bonds. The lowest BCUT2D eigenvalue weighted by molar-refractivity contribution is -0.119. The van der Waals surface area contributed by atoms with Crippen LogP contribution in [-0.4, -0.2) is 36.8 Å². The van der Waals surface area contributed by atoms with Crippen molar-refractivity contribution >= 4 is 27.5 Å². The zero-order chi connectivity index (χ0) is 17.5. The van der Waals surface area contributed by atoms with Crippen LogP contribution in [0.25, 0.3) is 0 Å². The fraction of sp³-hybridized carbons (Fsp3) is 0.706. The fourth-order valence-electron chi connectivity index (χ4n) is 3.64. The maximum Gasteiger partial charge on any atom is 0.230 e. The van der Waals surface area contributed by atoms with Gasteiger partial charge in [-0.2, -0.15) is 0 Å². The van der Waals surface area contributed by atoms with E-state index in [-0.39, 0.29) is 34.1 Å². The fourth-order valence-corrected chi connectivity index (χ4v) is 7.09. The normalized spacial score (nSPS) is 27.6. The molecule has 0 aromatic carbocycles. The van der Waals surface area contributed by atoms with E-state index >= 15 is 0 Å². The first-order valence-electron chi connectivity index (χ1n) is 8.34. The Morgan fingerprint density at radius 3 is 2.88 bits per heavy atom. The zero-order valence-electron chi connectivity index (χ0n) is 14.4. The van der Waals surface area contributed by atoms with Gasteiger partial charge in [-0.1, -0.05) is 13.8 Å². The van der Waals surface area contributed by atoms with Crippen LogP contribution in [0.2, 0.25) is 0 Å². The standard InChI is InChI=1S/C17H25NO4S2/c1-11-6-13-14(7-17(2,3)8-15(13)22-11)18-16(19)9-23-12-4-5-24(20,21)10-12/h6,12,14H,4-5,7-10H2,1-3H3,(H,18,19)/t12-,14+/m1/s1. The average Bonchev–Trinajstić information content (AvgIpc) is 2.97. The summed E-state index contributed by atoms with van der Waals surface area (Å²) in [7, 11) is -2.89. The Bertz CT molecular complexity index is 736. The molecule has 1 fully saturated rings. The molecule has 0 unspecified atom stereocenters. The number of hydrogen-bond donors (Lipinski definition) is 1. The lowest BCUT2D eigenvalue weighted by Crippen LogP contribution is -2.37. The largest absolute Gasteiger partial charge is 0.466 e. The Kier molecular flexibility index (Phi) is 4.77. The number of hydrogen-bond acceptors (Lipinski definition) is 5. The number of fused-ring (bicyclic) bond motifs is 1. The van der Waals surface area contributed by atoms with Crippen LogP contribution < -0.4 is 5.32 Å². The molecule has 2 atom stereocenters. The quantitative estimate of drug-likeness (QED) is 0.880. The van der Waals surface area contributed by atoms with E-state index in [1.165, 1.54) is 11.8 Å². The van der Waals surface area contributed by atoms with Gasteiger partial charge in [0, 0.05) is 17.2 Å². The lowest BCUT2D eigenvalue weighted by Gasteiger charge is -2.34. The molecule has 0 bridgehead atoms. The first kappa shape index (κ1) is 17.9. The Morgan fingerprint density at radius 2 is 2.21 bits per heavy atom. The van der Waals surface area contributed by atoms with Crippen molar-refractivity contribution in [3.05, 3.63) is 23.2 Å². The summed E-state index contributed by atoms with van der Waals surface area (Å²) in [6.07, 6.45) is 2.42. The number of amides is 1. The molecule has 3 rings (SSSR count). The second-order valence-corrected chi connectivity index (χ2v) is 11.3. The van der Waals surface area contributed by atoms with E-state index in [0.717, 1.165) is 29.9 Å². The molecule has 2 aliphatic rings. The van der Waals surface area contributed by atoms with Gasteiger partial charge in [0.2, 0.25) is 5.91 Å². The molecule has 1 aliphatic carbocycles. The minimum atomic E-state index is -2.89. The van der Waals surface area contributed by atoms with Crippen LogP contribution in [-0.2, 0) is 21.1 Å². The molecule has 0 radical (unpaired) electrons. The molecule has 1 aromatic heterocycles. The maximum absolute atomic E-state index is 12.3. The van der Waals surface area contributed by atoms with Crippen molar-refractivity contribution in [1.82, 2.24) is 5.32 Å². The predicted octanol–water partition coefficient (Wildman–Crippen LogP) is 2.64. The molecule has 0 spiro atoms. The Balaban J connectivity index is 1.60. The monoisotopic (exact) mass is 371 g/mol. The van der Waals surface area contributed by atoms with Gasteiger partial charge in [-0.3, -0.25) is 4.79 Å². The molecule has 1 aliphatic heterocycles. The molecule has 1 N–H and O–H groups in total. The van der Waals surface area contributed by atoms with Crippen molar-refractivity contribution < 1.29 is 17.6 Å². The van der Waals surface area contributed by atoms with Crippen molar-refractivity contribution in [1.29, 1.82) is 0 Å². The number of sulfone groups is 1. The number of furan rings is 1. The number of nitrogens with one attached hydrogen (secondary N) is 1. The van der Waals surface area contributed by atoms with Crippen molar-refractivity contribution in [2.75, 3.05) is 17.3 Å². The van der Waals surface area contributed by atoms with Crippen LogP contribution in [0, 0.1) is 12.3 Å². The van der Waals surface area contributed by atoms with Gasteiger partial charge in [-0.25, -0.2) is 8.42 Å². The highest BCUT2D eigenvalue weighted by Crippen LogP contribution is 2.42. The Morgan fingerprint density at radius 1 is 1.46 bits per heavy atom. The van der Waals surface area contributed by atoms with E-state index in [1.54, 1.807) is 0 Å². The lowest BCUT2D eigenvalue weighted by atomic mass is 9.75. The summed E-state index contributed by atoms with van der Waals surface area (Å²) in [6, 6.07) is 1.99. The highest BCUT2D eigenvalue weighted by Gasteiger charge is 2.36. The van der Waals surface area contributed by atoms with Crippen LogP contribution in [0.3, 0.4) is 0 Å². The second kappa shape index (κ2) is 6.41. The summed E-state index contributed by atoms with van der Waals surface area (Å²) in [5, 5.41) is 3.17. The predicted molar refractivity (Wildman–Crippen MR) is 95.9 cm³/mol. The minimum Gasteiger partial charge on any atom is -0.466 e. The summed E-state index contributed by atoms with van der Waals surface area (Å²) in [5.74, 6) is 2.58. The van der Waals surface area contributed by atoms with E-state index in [1.807, 2.05) is 13.0 Å². The molecule has 1 saturated heterocycles. The van der Waals surface area contributed by atoms with Crippen molar-refractivity contribution in [3.8, 4) is 0 Å². The molecular formula is C17H25NO4S2. The Hall–Kier alpha value is -0.950. The molecule has 7 heteroatoms. The van der Waals surface area contributed by atoms with Gasteiger partial charge in [0.1, 0.15) is 11.5 Å². The third-order valence-electron chi connectivity index (χ3n) is 4.71. The second-order valence-electron chi connectivity index (χ2n) is 7.74. The van der Waals surface area contributed by atoms with E-state index in [2.05, 4.69) is 19.2 Å². The Labute approximate surface area is 147 Å². The van der Waals surface area contributed by atoms with Gasteiger partial charge in [-0.15, -0.1) is 11.8 Å². The van der Waals surface area contributed by atoms with Crippen molar-refractivity contribution in [2.24, 2.45) is 5.41 Å². The number of thioether (sulfide) groups is 1.